The number of rotatable bonds is 2. The highest BCUT2D eigenvalue weighted by Crippen LogP contribution is 2.27. The zero-order valence-corrected chi connectivity index (χ0v) is 10.3. The second kappa shape index (κ2) is 4.99. The summed E-state index contributed by atoms with van der Waals surface area (Å²) < 4.78 is 6.36. The molecular weight excluding hydrogens is 254 g/mol. The number of para-hydroxylation sites is 1. The van der Waals surface area contributed by atoms with Gasteiger partial charge in [-0.25, -0.2) is 0 Å². The van der Waals surface area contributed by atoms with Crippen LogP contribution in [0.2, 0.25) is 0 Å². The molecule has 2 rings (SSSR count). The molecule has 0 spiro atoms. The SMILES string of the molecule is Nc1c(Br)cccc1CC1CCOCC1. The summed E-state index contributed by atoms with van der Waals surface area (Å²) in [6.07, 6.45) is 3.40. The van der Waals surface area contributed by atoms with Gasteiger partial charge in [-0.05, 0) is 52.7 Å². The Bertz CT molecular complexity index is 334. The van der Waals surface area contributed by atoms with Gasteiger partial charge in [0.25, 0.3) is 0 Å². The van der Waals surface area contributed by atoms with Gasteiger partial charge < -0.3 is 10.5 Å². The molecule has 0 bridgehead atoms. The molecular formula is C12H16BrNO. The zero-order chi connectivity index (χ0) is 10.7. The average Bonchev–Trinajstić information content (AvgIpc) is 2.26. The van der Waals surface area contributed by atoms with Crippen molar-refractivity contribution >= 4 is 21.6 Å². The summed E-state index contributed by atoms with van der Waals surface area (Å²) in [5.74, 6) is 0.732. The van der Waals surface area contributed by atoms with Gasteiger partial charge in [0, 0.05) is 23.4 Å². The van der Waals surface area contributed by atoms with Crippen LogP contribution in [-0.2, 0) is 11.2 Å². The van der Waals surface area contributed by atoms with Crippen LogP contribution in [0.25, 0.3) is 0 Å². The van der Waals surface area contributed by atoms with E-state index in [4.69, 9.17) is 10.5 Å². The Labute approximate surface area is 98.9 Å². The average molecular weight is 270 g/mol. The van der Waals surface area contributed by atoms with Gasteiger partial charge in [-0.3, -0.25) is 0 Å². The lowest BCUT2D eigenvalue weighted by Gasteiger charge is -2.22. The van der Waals surface area contributed by atoms with Crippen LogP contribution in [0.3, 0.4) is 0 Å². The lowest BCUT2D eigenvalue weighted by Crippen LogP contribution is -2.18. The van der Waals surface area contributed by atoms with Crippen LogP contribution in [0.4, 0.5) is 5.69 Å². The van der Waals surface area contributed by atoms with E-state index in [1.54, 1.807) is 0 Å². The molecule has 82 valence electrons. The third kappa shape index (κ3) is 2.73. The van der Waals surface area contributed by atoms with Crippen molar-refractivity contribution in [3.8, 4) is 0 Å². The first-order valence-corrected chi connectivity index (χ1v) is 6.17. The molecule has 2 nitrogen and oxygen atoms in total. The van der Waals surface area contributed by atoms with E-state index in [1.807, 2.05) is 6.07 Å². The number of anilines is 1. The maximum Gasteiger partial charge on any atom is 0.0491 e. The Hall–Kier alpha value is -0.540. The topological polar surface area (TPSA) is 35.2 Å². The van der Waals surface area contributed by atoms with E-state index in [0.717, 1.165) is 48.6 Å². The van der Waals surface area contributed by atoms with Gasteiger partial charge >= 0.3 is 0 Å². The van der Waals surface area contributed by atoms with Gasteiger partial charge in [0.15, 0.2) is 0 Å². The molecule has 0 atom stereocenters. The summed E-state index contributed by atoms with van der Waals surface area (Å²) in [5.41, 5.74) is 8.17. The molecule has 1 aromatic rings. The molecule has 0 unspecified atom stereocenters. The normalized spacial score (nSPS) is 17.9. The molecule has 0 aromatic heterocycles. The zero-order valence-electron chi connectivity index (χ0n) is 8.71. The van der Waals surface area contributed by atoms with Crippen molar-refractivity contribution in [1.82, 2.24) is 0 Å². The highest BCUT2D eigenvalue weighted by atomic mass is 79.9. The molecule has 0 saturated carbocycles. The largest absolute Gasteiger partial charge is 0.398 e. The Morgan fingerprint density at radius 1 is 1.33 bits per heavy atom. The highest BCUT2D eigenvalue weighted by molar-refractivity contribution is 9.10. The molecule has 2 N–H and O–H groups in total. The van der Waals surface area contributed by atoms with E-state index in [9.17, 15) is 0 Å². The molecule has 0 amide bonds. The minimum atomic E-state index is 0.732. The number of hydrogen-bond donors (Lipinski definition) is 1. The molecule has 1 heterocycles. The molecule has 3 heteroatoms. The maximum absolute atomic E-state index is 6.02. The maximum atomic E-state index is 6.02. The number of ether oxygens (including phenoxy) is 1. The first-order chi connectivity index (χ1) is 7.27. The van der Waals surface area contributed by atoms with E-state index < -0.39 is 0 Å². The fraction of sp³-hybridized carbons (Fsp3) is 0.500. The molecule has 1 aliphatic heterocycles. The third-order valence-corrected chi connectivity index (χ3v) is 3.68. The van der Waals surface area contributed by atoms with Crippen molar-refractivity contribution in [1.29, 1.82) is 0 Å². The lowest BCUT2D eigenvalue weighted by molar-refractivity contribution is 0.0666. The number of benzene rings is 1. The molecule has 1 saturated heterocycles. The Balaban J connectivity index is 2.06. The van der Waals surface area contributed by atoms with Crippen molar-refractivity contribution in [3.63, 3.8) is 0 Å². The quantitative estimate of drug-likeness (QED) is 0.838. The summed E-state index contributed by atoms with van der Waals surface area (Å²) in [6.45, 7) is 1.80. The predicted octanol–water partition coefficient (Wildman–Crippen LogP) is 3.00. The van der Waals surface area contributed by atoms with Crippen LogP contribution in [0.15, 0.2) is 22.7 Å². The van der Waals surface area contributed by atoms with Crippen molar-refractivity contribution < 1.29 is 4.74 Å². The van der Waals surface area contributed by atoms with Crippen molar-refractivity contribution in [2.45, 2.75) is 19.3 Å². The molecule has 1 fully saturated rings. The van der Waals surface area contributed by atoms with E-state index >= 15 is 0 Å². The fourth-order valence-electron chi connectivity index (χ4n) is 2.02. The first-order valence-electron chi connectivity index (χ1n) is 5.38. The van der Waals surface area contributed by atoms with Crippen LogP contribution >= 0.6 is 15.9 Å². The minimum absolute atomic E-state index is 0.732. The van der Waals surface area contributed by atoms with Crippen molar-refractivity contribution in [2.75, 3.05) is 18.9 Å². The lowest BCUT2D eigenvalue weighted by atomic mass is 9.92. The fourth-order valence-corrected chi connectivity index (χ4v) is 2.43. The number of halogens is 1. The standard InChI is InChI=1S/C12H16BrNO/c13-11-3-1-2-10(12(11)14)8-9-4-6-15-7-5-9/h1-3,9H,4-8,14H2. The molecule has 1 aromatic carbocycles. The number of nitrogen functional groups attached to an aromatic ring is 1. The number of nitrogens with two attached hydrogens (primary N) is 1. The van der Waals surface area contributed by atoms with Gasteiger partial charge in [-0.1, -0.05) is 12.1 Å². The summed E-state index contributed by atoms with van der Waals surface area (Å²) >= 11 is 3.46. The molecule has 1 aliphatic rings. The second-order valence-electron chi connectivity index (χ2n) is 4.07. The van der Waals surface area contributed by atoms with Crippen LogP contribution in [0.1, 0.15) is 18.4 Å². The van der Waals surface area contributed by atoms with E-state index in [-0.39, 0.29) is 0 Å². The molecule has 15 heavy (non-hydrogen) atoms. The van der Waals surface area contributed by atoms with Gasteiger partial charge in [0.1, 0.15) is 0 Å². The predicted molar refractivity (Wildman–Crippen MR) is 65.8 cm³/mol. The van der Waals surface area contributed by atoms with Crippen LogP contribution < -0.4 is 5.73 Å². The van der Waals surface area contributed by atoms with E-state index in [2.05, 4.69) is 28.1 Å². The van der Waals surface area contributed by atoms with Gasteiger partial charge in [0.2, 0.25) is 0 Å². The summed E-state index contributed by atoms with van der Waals surface area (Å²) in [7, 11) is 0. The van der Waals surface area contributed by atoms with Crippen molar-refractivity contribution in [2.24, 2.45) is 5.92 Å². The smallest absolute Gasteiger partial charge is 0.0491 e. The first kappa shape index (κ1) is 11.0. The van der Waals surface area contributed by atoms with Gasteiger partial charge in [-0.15, -0.1) is 0 Å². The summed E-state index contributed by atoms with van der Waals surface area (Å²) in [6, 6.07) is 6.16. The monoisotopic (exact) mass is 269 g/mol. The Morgan fingerprint density at radius 2 is 2.07 bits per heavy atom. The third-order valence-electron chi connectivity index (χ3n) is 2.99. The van der Waals surface area contributed by atoms with E-state index in [1.165, 1.54) is 5.56 Å². The van der Waals surface area contributed by atoms with E-state index in [0.29, 0.717) is 0 Å². The summed E-state index contributed by atoms with van der Waals surface area (Å²) in [4.78, 5) is 0. The summed E-state index contributed by atoms with van der Waals surface area (Å²) in [5, 5.41) is 0. The molecule has 0 aliphatic carbocycles. The Kier molecular flexibility index (Phi) is 3.65. The van der Waals surface area contributed by atoms with Crippen molar-refractivity contribution in [3.05, 3.63) is 28.2 Å². The van der Waals surface area contributed by atoms with Crippen LogP contribution in [0.5, 0.6) is 0 Å². The minimum Gasteiger partial charge on any atom is -0.398 e. The van der Waals surface area contributed by atoms with Crippen LogP contribution in [0, 0.1) is 5.92 Å². The molecule has 0 radical (unpaired) electrons. The highest BCUT2D eigenvalue weighted by Gasteiger charge is 2.15. The van der Waals surface area contributed by atoms with Gasteiger partial charge in [0.05, 0.1) is 0 Å². The van der Waals surface area contributed by atoms with Crippen LogP contribution in [-0.4, -0.2) is 13.2 Å². The Morgan fingerprint density at radius 3 is 2.80 bits per heavy atom. The van der Waals surface area contributed by atoms with Gasteiger partial charge in [-0.2, -0.15) is 0 Å². The second-order valence-corrected chi connectivity index (χ2v) is 4.93. The number of hydrogen-bond acceptors (Lipinski definition) is 2.